The molecule has 1 heterocycles. The fourth-order valence-electron chi connectivity index (χ4n) is 1.08. The van der Waals surface area contributed by atoms with E-state index < -0.39 is 0 Å². The molecule has 13 heavy (non-hydrogen) atoms. The van der Waals surface area contributed by atoms with Crippen LogP contribution < -0.4 is 0 Å². The maximum atomic E-state index is 11.0. The number of aromatic nitrogens is 2. The average Bonchev–Trinajstić information content (AvgIpc) is 2.48. The fraction of sp³-hybridized carbons (Fsp3) is 0.556. The van der Waals surface area contributed by atoms with Gasteiger partial charge < -0.3 is 9.30 Å². The van der Waals surface area contributed by atoms with Gasteiger partial charge in [-0.25, -0.2) is 4.98 Å². The molecule has 0 saturated heterocycles. The first-order valence-electron chi connectivity index (χ1n) is 4.36. The highest BCUT2D eigenvalue weighted by Gasteiger charge is 2.04. The topological polar surface area (TPSA) is 44.1 Å². The molecule has 0 N–H and O–H groups in total. The molecule has 0 amide bonds. The van der Waals surface area contributed by atoms with Gasteiger partial charge in [-0.15, -0.1) is 0 Å². The van der Waals surface area contributed by atoms with Crippen molar-refractivity contribution in [2.45, 2.75) is 19.8 Å². The van der Waals surface area contributed by atoms with Gasteiger partial charge in [0.25, 0.3) is 0 Å². The number of nitrogens with zero attached hydrogens (tertiary/aromatic N) is 2. The molecule has 0 aliphatic rings. The first kappa shape index (κ1) is 9.77. The second-order valence-electron chi connectivity index (χ2n) is 2.76. The highest BCUT2D eigenvalue weighted by molar-refractivity contribution is 5.69. The summed E-state index contributed by atoms with van der Waals surface area (Å²) in [5.41, 5.74) is 0. The lowest BCUT2D eigenvalue weighted by Gasteiger charge is -2.01. The summed E-state index contributed by atoms with van der Waals surface area (Å²) in [6.45, 7) is 2.25. The smallest absolute Gasteiger partial charge is 0.306 e. The molecule has 1 rings (SSSR count). The Morgan fingerprint density at radius 3 is 3.00 bits per heavy atom. The average molecular weight is 182 g/mol. The van der Waals surface area contributed by atoms with Crippen LogP contribution in [0.15, 0.2) is 12.4 Å². The zero-order valence-electron chi connectivity index (χ0n) is 7.99. The van der Waals surface area contributed by atoms with Crippen LogP contribution in [0.25, 0.3) is 0 Å². The van der Waals surface area contributed by atoms with Gasteiger partial charge in [0.05, 0.1) is 13.0 Å². The number of aryl methyl sites for hydroxylation is 2. The van der Waals surface area contributed by atoms with E-state index in [4.69, 9.17) is 4.74 Å². The molecular weight excluding hydrogens is 168 g/mol. The fourth-order valence-corrected chi connectivity index (χ4v) is 1.08. The Bertz CT molecular complexity index is 281. The molecule has 0 bridgehead atoms. The van der Waals surface area contributed by atoms with Crippen molar-refractivity contribution < 1.29 is 9.53 Å². The lowest BCUT2D eigenvalue weighted by molar-refractivity contribution is -0.143. The molecule has 0 radical (unpaired) electrons. The Labute approximate surface area is 77.5 Å². The van der Waals surface area contributed by atoms with Crippen molar-refractivity contribution >= 4 is 5.97 Å². The molecular formula is C9H14N2O2. The summed E-state index contributed by atoms with van der Waals surface area (Å²) in [5.74, 6) is 0.749. The highest BCUT2D eigenvalue weighted by Crippen LogP contribution is 1.99. The summed E-state index contributed by atoms with van der Waals surface area (Å²) in [6, 6.07) is 0. The van der Waals surface area contributed by atoms with E-state index in [1.807, 2.05) is 17.8 Å². The number of carbonyl (C=O) groups is 1. The Hall–Kier alpha value is -1.32. The molecule has 0 fully saturated rings. The van der Waals surface area contributed by atoms with Crippen LogP contribution in [0.1, 0.15) is 19.2 Å². The summed E-state index contributed by atoms with van der Waals surface area (Å²) >= 11 is 0. The Kier molecular flexibility index (Phi) is 3.49. The molecule has 0 aliphatic heterocycles. The maximum absolute atomic E-state index is 11.0. The predicted octanol–water partition coefficient (Wildman–Crippen LogP) is 0.916. The third kappa shape index (κ3) is 2.89. The largest absolute Gasteiger partial charge is 0.466 e. The van der Waals surface area contributed by atoms with Crippen LogP contribution in [0, 0.1) is 0 Å². The number of ether oxygens (including phenoxy) is 1. The minimum atomic E-state index is -0.162. The zero-order chi connectivity index (χ0) is 9.68. The van der Waals surface area contributed by atoms with Crippen LogP contribution in [-0.2, 0) is 23.0 Å². The van der Waals surface area contributed by atoms with E-state index in [1.165, 1.54) is 0 Å². The van der Waals surface area contributed by atoms with Gasteiger partial charge in [0.1, 0.15) is 5.82 Å². The molecule has 0 aliphatic carbocycles. The number of carbonyl (C=O) groups excluding carboxylic acids is 1. The number of imidazole rings is 1. The summed E-state index contributed by atoms with van der Waals surface area (Å²) in [7, 11) is 1.91. The molecule has 0 unspecified atom stereocenters. The molecule has 0 aromatic carbocycles. The third-order valence-electron chi connectivity index (χ3n) is 1.78. The van der Waals surface area contributed by atoms with Crippen molar-refractivity contribution in [3.8, 4) is 0 Å². The Balaban J connectivity index is 2.35. The van der Waals surface area contributed by atoms with Crippen molar-refractivity contribution in [2.75, 3.05) is 6.61 Å². The van der Waals surface area contributed by atoms with Gasteiger partial charge in [0, 0.05) is 25.9 Å². The maximum Gasteiger partial charge on any atom is 0.306 e. The quantitative estimate of drug-likeness (QED) is 0.650. The monoisotopic (exact) mass is 182 g/mol. The lowest BCUT2D eigenvalue weighted by Crippen LogP contribution is -2.07. The van der Waals surface area contributed by atoms with Gasteiger partial charge in [-0.2, -0.15) is 0 Å². The van der Waals surface area contributed by atoms with Gasteiger partial charge in [-0.05, 0) is 6.92 Å². The van der Waals surface area contributed by atoms with E-state index in [0.717, 1.165) is 5.82 Å². The summed E-state index contributed by atoms with van der Waals surface area (Å²) < 4.78 is 6.71. The molecule has 0 atom stereocenters. The van der Waals surface area contributed by atoms with Gasteiger partial charge in [0.2, 0.25) is 0 Å². The number of rotatable bonds is 4. The Morgan fingerprint density at radius 2 is 2.46 bits per heavy atom. The molecule has 1 aromatic heterocycles. The lowest BCUT2D eigenvalue weighted by atomic mass is 10.3. The molecule has 4 nitrogen and oxygen atoms in total. The van der Waals surface area contributed by atoms with E-state index in [2.05, 4.69) is 4.98 Å². The standard InChI is InChI=1S/C9H14N2O2/c1-3-13-9(12)5-4-8-10-6-7-11(8)2/h6-7H,3-5H2,1-2H3. The van der Waals surface area contributed by atoms with Crippen LogP contribution in [0.5, 0.6) is 0 Å². The third-order valence-corrected chi connectivity index (χ3v) is 1.78. The van der Waals surface area contributed by atoms with E-state index in [9.17, 15) is 4.79 Å². The van der Waals surface area contributed by atoms with Crippen molar-refractivity contribution in [1.29, 1.82) is 0 Å². The van der Waals surface area contributed by atoms with Crippen LogP contribution in [0.4, 0.5) is 0 Å². The molecule has 0 spiro atoms. The van der Waals surface area contributed by atoms with Crippen LogP contribution >= 0.6 is 0 Å². The van der Waals surface area contributed by atoms with Gasteiger partial charge in [-0.3, -0.25) is 4.79 Å². The van der Waals surface area contributed by atoms with Crippen LogP contribution in [-0.4, -0.2) is 22.1 Å². The van der Waals surface area contributed by atoms with Gasteiger partial charge >= 0.3 is 5.97 Å². The molecule has 4 heteroatoms. The first-order chi connectivity index (χ1) is 6.24. The number of hydrogen-bond donors (Lipinski definition) is 0. The summed E-state index contributed by atoms with van der Waals surface area (Å²) in [5, 5.41) is 0. The minimum Gasteiger partial charge on any atom is -0.466 e. The van der Waals surface area contributed by atoms with E-state index >= 15 is 0 Å². The van der Waals surface area contributed by atoms with Crippen LogP contribution in [0.2, 0.25) is 0 Å². The highest BCUT2D eigenvalue weighted by atomic mass is 16.5. The normalized spacial score (nSPS) is 10.0. The van der Waals surface area contributed by atoms with Crippen LogP contribution in [0.3, 0.4) is 0 Å². The van der Waals surface area contributed by atoms with Crippen molar-refractivity contribution in [3.05, 3.63) is 18.2 Å². The second kappa shape index (κ2) is 4.64. The van der Waals surface area contributed by atoms with Gasteiger partial charge in [-0.1, -0.05) is 0 Å². The molecule has 72 valence electrons. The van der Waals surface area contributed by atoms with Crippen molar-refractivity contribution in [1.82, 2.24) is 9.55 Å². The molecule has 1 aromatic rings. The molecule has 0 saturated carbocycles. The first-order valence-corrected chi connectivity index (χ1v) is 4.36. The van der Waals surface area contributed by atoms with E-state index in [1.54, 1.807) is 13.1 Å². The van der Waals surface area contributed by atoms with E-state index in [0.29, 0.717) is 19.4 Å². The Morgan fingerprint density at radius 1 is 1.69 bits per heavy atom. The zero-order valence-corrected chi connectivity index (χ0v) is 7.99. The van der Waals surface area contributed by atoms with Crippen molar-refractivity contribution in [2.24, 2.45) is 7.05 Å². The number of esters is 1. The van der Waals surface area contributed by atoms with Gasteiger partial charge in [0.15, 0.2) is 0 Å². The minimum absolute atomic E-state index is 0.162. The predicted molar refractivity (Wildman–Crippen MR) is 48.2 cm³/mol. The van der Waals surface area contributed by atoms with Crippen molar-refractivity contribution in [3.63, 3.8) is 0 Å². The SMILES string of the molecule is CCOC(=O)CCc1nccn1C. The summed E-state index contributed by atoms with van der Waals surface area (Å²) in [6.07, 6.45) is 4.63. The van der Waals surface area contributed by atoms with E-state index in [-0.39, 0.29) is 5.97 Å². The summed E-state index contributed by atoms with van der Waals surface area (Å²) in [4.78, 5) is 15.1. The second-order valence-corrected chi connectivity index (χ2v) is 2.76. The number of hydrogen-bond acceptors (Lipinski definition) is 3.